The maximum Gasteiger partial charge on any atom is 0.0468 e. The Morgan fingerprint density at radius 1 is 0.195 bits per heavy atom. The first-order valence-electron chi connectivity index (χ1n) is 28.7. The highest BCUT2D eigenvalue weighted by Gasteiger charge is 2.42. The largest absolute Gasteiger partial charge is 0.310 e. The summed E-state index contributed by atoms with van der Waals surface area (Å²) < 4.78 is 0. The molecule has 0 fully saturated rings. The van der Waals surface area contributed by atoms with Crippen molar-refractivity contribution in [2.45, 2.75) is 38.5 Å². The van der Waals surface area contributed by atoms with Gasteiger partial charge in [-0.25, -0.2) is 0 Å². The molecule has 0 heterocycles. The Kier molecular flexibility index (Phi) is 11.6. The van der Waals surface area contributed by atoms with Crippen LogP contribution in [-0.4, -0.2) is 0 Å². The topological polar surface area (TPSA) is 6.48 Å². The summed E-state index contributed by atoms with van der Waals surface area (Å²) in [4.78, 5) is 4.80. The van der Waals surface area contributed by atoms with Gasteiger partial charge in [0.1, 0.15) is 0 Å². The molecule has 390 valence electrons. The fourth-order valence-electron chi connectivity index (χ4n) is 13.3. The van der Waals surface area contributed by atoms with Crippen molar-refractivity contribution < 1.29 is 0 Å². The van der Waals surface area contributed by atoms with E-state index in [0.29, 0.717) is 0 Å². The minimum absolute atomic E-state index is 0.212. The van der Waals surface area contributed by atoms with Gasteiger partial charge in [0, 0.05) is 45.0 Å². The third-order valence-corrected chi connectivity index (χ3v) is 17.8. The Hall–Kier alpha value is -10.0. The van der Waals surface area contributed by atoms with Crippen LogP contribution in [0.1, 0.15) is 49.9 Å². The van der Waals surface area contributed by atoms with Crippen LogP contribution in [0.4, 0.5) is 34.1 Å². The normalized spacial score (nSPS) is 13.3. The van der Waals surface area contributed by atoms with E-state index in [1.807, 2.05) is 0 Å². The molecule has 0 bridgehead atoms. The zero-order chi connectivity index (χ0) is 55.1. The maximum absolute atomic E-state index is 2.57. The molecule has 0 aromatic heterocycles. The van der Waals surface area contributed by atoms with Gasteiger partial charge in [-0.15, -0.1) is 0 Å². The predicted molar refractivity (Wildman–Crippen MR) is 348 cm³/mol. The van der Waals surface area contributed by atoms with Crippen LogP contribution >= 0.6 is 0 Å². The molecule has 2 aliphatic rings. The van der Waals surface area contributed by atoms with E-state index >= 15 is 0 Å². The number of rotatable bonds is 10. The third kappa shape index (κ3) is 8.33. The van der Waals surface area contributed by atoms with Gasteiger partial charge in [0.2, 0.25) is 0 Å². The first kappa shape index (κ1) is 49.1. The molecule has 0 unspecified atom stereocenters. The molecule has 0 N–H and O–H groups in total. The molecular weight excluding hydrogens is 989 g/mol. The minimum atomic E-state index is -0.212. The number of anilines is 6. The summed E-state index contributed by atoms with van der Waals surface area (Å²) in [6, 6.07) is 108. The van der Waals surface area contributed by atoms with E-state index < -0.39 is 0 Å². The van der Waals surface area contributed by atoms with Crippen LogP contribution in [0.15, 0.2) is 291 Å². The average Bonchev–Trinajstić information content (AvgIpc) is 2.13. The van der Waals surface area contributed by atoms with E-state index in [1.165, 1.54) is 111 Å². The molecule has 0 radical (unpaired) electrons. The molecule has 0 spiro atoms. The molecule has 82 heavy (non-hydrogen) atoms. The summed E-state index contributed by atoms with van der Waals surface area (Å²) in [5.41, 5.74) is 26.8. The van der Waals surface area contributed by atoms with E-state index in [9.17, 15) is 0 Å². The summed E-state index contributed by atoms with van der Waals surface area (Å²) in [6.07, 6.45) is 0. The Balaban J connectivity index is 0.792. The van der Waals surface area contributed by atoms with Crippen molar-refractivity contribution in [2.75, 3.05) is 9.80 Å². The van der Waals surface area contributed by atoms with Crippen molar-refractivity contribution >= 4 is 55.7 Å². The second-order valence-corrected chi connectivity index (χ2v) is 23.4. The smallest absolute Gasteiger partial charge is 0.0468 e. The molecule has 0 saturated heterocycles. The second-order valence-electron chi connectivity index (χ2n) is 23.4. The Labute approximate surface area is 481 Å². The quantitative estimate of drug-likeness (QED) is 0.135. The molecule has 0 amide bonds. The van der Waals surface area contributed by atoms with Gasteiger partial charge in [0.25, 0.3) is 0 Å². The van der Waals surface area contributed by atoms with Gasteiger partial charge in [-0.2, -0.15) is 0 Å². The van der Waals surface area contributed by atoms with Gasteiger partial charge in [0.05, 0.1) is 0 Å². The molecule has 2 nitrogen and oxygen atoms in total. The van der Waals surface area contributed by atoms with Gasteiger partial charge < -0.3 is 9.80 Å². The standard InChI is InChI=1S/C80H60N2/c1-79(2)75-49-63-45-69(81(65-35-25-57(26-36-65)53-17-9-5-10-18-53)66-37-27-58(28-38-66)54-19-11-6-12-20-54)43-33-61(63)47-71(75)73-51-74-72-48-62-34-44-70(46-64(62)50-76(72)80(3,4)78(74)52-77(73)79)82(67-39-29-59(30-40-67)55-21-13-7-14-22-55)68-41-31-60(32-42-68)56-23-15-8-16-24-56/h5-52H,1-4H3. The highest BCUT2D eigenvalue weighted by molar-refractivity contribution is 6.01. The zero-order valence-corrected chi connectivity index (χ0v) is 46.6. The van der Waals surface area contributed by atoms with Crippen LogP contribution < -0.4 is 9.80 Å². The lowest BCUT2D eigenvalue weighted by atomic mass is 9.77. The molecule has 13 aromatic carbocycles. The van der Waals surface area contributed by atoms with Crippen LogP contribution in [-0.2, 0) is 10.8 Å². The highest BCUT2D eigenvalue weighted by atomic mass is 15.1. The third-order valence-electron chi connectivity index (χ3n) is 17.8. The van der Waals surface area contributed by atoms with Crippen molar-refractivity contribution in [3.63, 3.8) is 0 Å². The van der Waals surface area contributed by atoms with Crippen LogP contribution in [0.25, 0.3) is 88.3 Å². The molecule has 15 rings (SSSR count). The van der Waals surface area contributed by atoms with Gasteiger partial charge in [-0.3, -0.25) is 0 Å². The molecule has 2 heteroatoms. The van der Waals surface area contributed by atoms with E-state index in [4.69, 9.17) is 0 Å². The molecular formula is C80H60N2. The zero-order valence-electron chi connectivity index (χ0n) is 46.6. The lowest BCUT2D eigenvalue weighted by Gasteiger charge is -2.27. The summed E-state index contributed by atoms with van der Waals surface area (Å²) >= 11 is 0. The lowest BCUT2D eigenvalue weighted by molar-refractivity contribution is 0.640. The molecule has 0 saturated carbocycles. The van der Waals surface area contributed by atoms with Gasteiger partial charge in [0.15, 0.2) is 0 Å². The van der Waals surface area contributed by atoms with Crippen molar-refractivity contribution in [1.82, 2.24) is 0 Å². The number of nitrogens with zero attached hydrogens (tertiary/aromatic N) is 2. The van der Waals surface area contributed by atoms with Gasteiger partial charge >= 0.3 is 0 Å². The lowest BCUT2D eigenvalue weighted by Crippen LogP contribution is -2.18. The van der Waals surface area contributed by atoms with Crippen LogP contribution in [0.5, 0.6) is 0 Å². The first-order valence-corrected chi connectivity index (χ1v) is 28.7. The maximum atomic E-state index is 2.57. The first-order chi connectivity index (χ1) is 40.1. The molecule has 0 atom stereocenters. The van der Waals surface area contributed by atoms with E-state index in [1.54, 1.807) is 0 Å². The molecule has 2 aliphatic carbocycles. The number of hydrogen-bond donors (Lipinski definition) is 0. The van der Waals surface area contributed by atoms with Crippen molar-refractivity contribution in [3.8, 4) is 66.8 Å². The average molecular weight is 1050 g/mol. The van der Waals surface area contributed by atoms with Gasteiger partial charge in [-0.05, 0) is 214 Å². The predicted octanol–water partition coefficient (Wildman–Crippen LogP) is 22.2. The molecule has 13 aromatic rings. The van der Waals surface area contributed by atoms with Crippen LogP contribution in [0, 0.1) is 0 Å². The van der Waals surface area contributed by atoms with E-state index in [0.717, 1.165) is 34.1 Å². The highest BCUT2D eigenvalue weighted by Crippen LogP contribution is 2.57. The summed E-state index contributed by atoms with van der Waals surface area (Å²) in [5, 5.41) is 4.95. The fourth-order valence-corrected chi connectivity index (χ4v) is 13.3. The molecule has 0 aliphatic heterocycles. The van der Waals surface area contributed by atoms with Gasteiger partial charge in [-0.1, -0.05) is 216 Å². The number of fused-ring (bicyclic) bond motifs is 8. The summed E-state index contributed by atoms with van der Waals surface area (Å²) in [7, 11) is 0. The Bertz CT molecular complexity index is 4090. The van der Waals surface area contributed by atoms with Crippen LogP contribution in [0.2, 0.25) is 0 Å². The Morgan fingerprint density at radius 3 is 0.732 bits per heavy atom. The second kappa shape index (κ2) is 19.4. The summed E-state index contributed by atoms with van der Waals surface area (Å²) in [6.45, 7) is 9.71. The number of benzene rings is 13. The van der Waals surface area contributed by atoms with Crippen molar-refractivity contribution in [2.24, 2.45) is 0 Å². The minimum Gasteiger partial charge on any atom is -0.310 e. The van der Waals surface area contributed by atoms with Crippen molar-refractivity contribution in [1.29, 1.82) is 0 Å². The van der Waals surface area contributed by atoms with Crippen LogP contribution in [0.3, 0.4) is 0 Å². The SMILES string of the molecule is CC1(C)c2cc3c(cc2-c2cc4ccc(N(c5ccc(-c6ccccc6)cc5)c5ccc(-c6ccccc6)cc5)cc4cc21)-c1cc2ccc(N(c4ccc(-c5ccccc5)cc4)c4ccc(-c5ccccc5)cc4)cc2cc1C3(C)C. The van der Waals surface area contributed by atoms with E-state index in [2.05, 4.69) is 329 Å². The Morgan fingerprint density at radius 2 is 0.439 bits per heavy atom. The number of hydrogen-bond acceptors (Lipinski definition) is 2. The van der Waals surface area contributed by atoms with Crippen molar-refractivity contribution in [3.05, 3.63) is 313 Å². The fraction of sp³-hybridized carbons (Fsp3) is 0.0750. The van der Waals surface area contributed by atoms with E-state index in [-0.39, 0.29) is 10.8 Å². The monoisotopic (exact) mass is 1050 g/mol. The summed E-state index contributed by atoms with van der Waals surface area (Å²) in [5.74, 6) is 0.